The van der Waals surface area contributed by atoms with E-state index in [-0.39, 0.29) is 23.6 Å². The van der Waals surface area contributed by atoms with E-state index in [4.69, 9.17) is 8.83 Å². The number of nitro groups is 1. The highest BCUT2D eigenvalue weighted by Gasteiger charge is 2.19. The number of rotatable bonds is 5. The van der Waals surface area contributed by atoms with Crippen LogP contribution in [0.15, 0.2) is 21.0 Å². The number of furan rings is 1. The van der Waals surface area contributed by atoms with Crippen LogP contribution in [0.5, 0.6) is 0 Å². The molecule has 96 valence electrons. The molecule has 0 fully saturated rings. The highest BCUT2D eigenvalue weighted by Crippen LogP contribution is 2.25. The molecule has 8 nitrogen and oxygen atoms in total. The van der Waals surface area contributed by atoms with Crippen molar-refractivity contribution >= 4 is 5.88 Å². The highest BCUT2D eigenvalue weighted by atomic mass is 16.6. The maximum absolute atomic E-state index is 10.5. The maximum Gasteiger partial charge on any atom is 0.433 e. The first-order valence-corrected chi connectivity index (χ1v) is 5.43. The second-order valence-corrected chi connectivity index (χ2v) is 3.62. The van der Waals surface area contributed by atoms with Crippen molar-refractivity contribution in [2.45, 2.75) is 19.9 Å². The van der Waals surface area contributed by atoms with Crippen LogP contribution in [0.2, 0.25) is 0 Å². The van der Waals surface area contributed by atoms with E-state index in [9.17, 15) is 10.1 Å². The Morgan fingerprint density at radius 1 is 1.44 bits per heavy atom. The molecule has 1 atom stereocenters. The molecule has 0 aliphatic heterocycles. The summed E-state index contributed by atoms with van der Waals surface area (Å²) in [5.74, 6) is 0.363. The molecular weight excluding hydrogens is 240 g/mol. The third-order valence-corrected chi connectivity index (χ3v) is 2.30. The zero-order chi connectivity index (χ0) is 13.1. The number of hydrogen-bond acceptors (Lipinski definition) is 7. The zero-order valence-electron chi connectivity index (χ0n) is 9.91. The average molecular weight is 252 g/mol. The van der Waals surface area contributed by atoms with Crippen LogP contribution < -0.4 is 5.32 Å². The third kappa shape index (κ3) is 2.38. The number of aromatic nitrogens is 2. The van der Waals surface area contributed by atoms with Gasteiger partial charge in [0.25, 0.3) is 5.89 Å². The Labute approximate surface area is 102 Å². The zero-order valence-corrected chi connectivity index (χ0v) is 9.91. The van der Waals surface area contributed by atoms with E-state index in [1.807, 2.05) is 13.8 Å². The molecule has 2 heterocycles. The number of hydrogen-bond donors (Lipinski definition) is 1. The molecule has 0 saturated heterocycles. The van der Waals surface area contributed by atoms with Gasteiger partial charge in [-0.25, -0.2) is 0 Å². The van der Waals surface area contributed by atoms with Crippen LogP contribution in [0.1, 0.15) is 25.8 Å². The predicted molar refractivity (Wildman–Crippen MR) is 60.7 cm³/mol. The molecular formula is C10H12N4O4. The molecule has 0 spiro atoms. The largest absolute Gasteiger partial charge is 0.433 e. The second-order valence-electron chi connectivity index (χ2n) is 3.62. The van der Waals surface area contributed by atoms with Crippen molar-refractivity contribution in [1.29, 1.82) is 0 Å². The van der Waals surface area contributed by atoms with Crippen LogP contribution >= 0.6 is 0 Å². The minimum absolute atomic E-state index is 0.0822. The summed E-state index contributed by atoms with van der Waals surface area (Å²) in [5, 5.41) is 21.2. The van der Waals surface area contributed by atoms with Gasteiger partial charge in [0.05, 0.1) is 12.1 Å². The fourth-order valence-corrected chi connectivity index (χ4v) is 1.44. The standard InChI is InChI=1S/C10H12N4O4/c1-3-11-6(2)9-12-13-10(18-9)7-4-5-8(17-7)14(15)16/h4-6,11H,3H2,1-2H3. The summed E-state index contributed by atoms with van der Waals surface area (Å²) < 4.78 is 10.3. The minimum atomic E-state index is -0.623. The van der Waals surface area contributed by atoms with Gasteiger partial charge in [0, 0.05) is 0 Å². The Kier molecular flexibility index (Phi) is 3.38. The van der Waals surface area contributed by atoms with Gasteiger partial charge in [0.2, 0.25) is 5.89 Å². The van der Waals surface area contributed by atoms with E-state index >= 15 is 0 Å². The molecule has 0 bridgehead atoms. The van der Waals surface area contributed by atoms with Crippen LogP contribution in [-0.4, -0.2) is 21.7 Å². The van der Waals surface area contributed by atoms with Crippen LogP contribution in [0.25, 0.3) is 11.7 Å². The normalized spacial score (nSPS) is 12.6. The fraction of sp³-hybridized carbons (Fsp3) is 0.400. The van der Waals surface area contributed by atoms with E-state index in [0.717, 1.165) is 6.54 Å². The van der Waals surface area contributed by atoms with Gasteiger partial charge in [-0.2, -0.15) is 0 Å². The Bertz CT molecular complexity index is 548. The molecule has 1 N–H and O–H groups in total. The number of nitrogens with zero attached hydrogens (tertiary/aromatic N) is 3. The van der Waals surface area contributed by atoms with Crippen molar-refractivity contribution < 1.29 is 13.8 Å². The summed E-state index contributed by atoms with van der Waals surface area (Å²) in [6, 6.07) is 2.58. The van der Waals surface area contributed by atoms with E-state index in [1.165, 1.54) is 12.1 Å². The lowest BCUT2D eigenvalue weighted by atomic mass is 10.3. The van der Waals surface area contributed by atoms with Gasteiger partial charge in [0.1, 0.15) is 4.92 Å². The first-order chi connectivity index (χ1) is 8.61. The van der Waals surface area contributed by atoms with Crippen LogP contribution in [0.4, 0.5) is 5.88 Å². The molecule has 0 radical (unpaired) electrons. The molecule has 0 aliphatic carbocycles. The predicted octanol–water partition coefficient (Wildman–Crippen LogP) is 1.91. The molecule has 0 aliphatic rings. The lowest BCUT2D eigenvalue weighted by molar-refractivity contribution is -0.401. The van der Waals surface area contributed by atoms with Gasteiger partial charge >= 0.3 is 5.88 Å². The second kappa shape index (κ2) is 4.96. The van der Waals surface area contributed by atoms with Crippen molar-refractivity contribution in [3.05, 3.63) is 28.1 Å². The number of nitrogens with one attached hydrogen (secondary N) is 1. The maximum atomic E-state index is 10.5. The summed E-state index contributed by atoms with van der Waals surface area (Å²) in [5.41, 5.74) is 0. The van der Waals surface area contributed by atoms with Gasteiger partial charge in [-0.15, -0.1) is 10.2 Å². The van der Waals surface area contributed by atoms with E-state index < -0.39 is 4.92 Å². The summed E-state index contributed by atoms with van der Waals surface area (Å²) in [4.78, 5) is 9.86. The van der Waals surface area contributed by atoms with Crippen LogP contribution in [0, 0.1) is 10.1 Å². The Hall–Kier alpha value is -2.22. The Morgan fingerprint density at radius 3 is 2.83 bits per heavy atom. The van der Waals surface area contributed by atoms with Crippen LogP contribution in [-0.2, 0) is 0 Å². The van der Waals surface area contributed by atoms with Gasteiger partial charge < -0.3 is 14.2 Å². The average Bonchev–Trinajstić information content (AvgIpc) is 2.98. The SMILES string of the molecule is CCNC(C)c1nnc(-c2ccc([N+](=O)[O-])o2)o1. The van der Waals surface area contributed by atoms with Gasteiger partial charge in [-0.3, -0.25) is 10.1 Å². The molecule has 0 saturated carbocycles. The van der Waals surface area contributed by atoms with Crippen molar-refractivity contribution in [2.75, 3.05) is 6.54 Å². The van der Waals surface area contributed by atoms with Gasteiger partial charge in [-0.05, 0) is 19.5 Å². The van der Waals surface area contributed by atoms with E-state index in [1.54, 1.807) is 0 Å². The summed E-state index contributed by atoms with van der Waals surface area (Å²) >= 11 is 0. The monoisotopic (exact) mass is 252 g/mol. The van der Waals surface area contributed by atoms with Crippen molar-refractivity contribution in [2.24, 2.45) is 0 Å². The molecule has 2 rings (SSSR count). The van der Waals surface area contributed by atoms with E-state index in [2.05, 4.69) is 15.5 Å². The topological polar surface area (TPSA) is 107 Å². The Morgan fingerprint density at radius 2 is 2.22 bits per heavy atom. The smallest absolute Gasteiger partial charge is 0.416 e. The van der Waals surface area contributed by atoms with E-state index in [0.29, 0.717) is 5.89 Å². The molecule has 1 unspecified atom stereocenters. The van der Waals surface area contributed by atoms with Crippen molar-refractivity contribution in [3.63, 3.8) is 0 Å². The fourth-order valence-electron chi connectivity index (χ4n) is 1.44. The molecule has 2 aromatic rings. The molecule has 2 aromatic heterocycles. The quantitative estimate of drug-likeness (QED) is 0.639. The highest BCUT2D eigenvalue weighted by molar-refractivity contribution is 5.46. The van der Waals surface area contributed by atoms with Gasteiger partial charge in [0.15, 0.2) is 5.76 Å². The summed E-state index contributed by atoms with van der Waals surface area (Å²) in [6.45, 7) is 4.61. The molecule has 0 aromatic carbocycles. The van der Waals surface area contributed by atoms with Gasteiger partial charge in [-0.1, -0.05) is 6.92 Å². The molecule has 8 heteroatoms. The van der Waals surface area contributed by atoms with Crippen molar-refractivity contribution in [1.82, 2.24) is 15.5 Å². The lowest BCUT2D eigenvalue weighted by Crippen LogP contribution is -2.17. The third-order valence-electron chi connectivity index (χ3n) is 2.30. The van der Waals surface area contributed by atoms with Crippen molar-refractivity contribution in [3.8, 4) is 11.7 Å². The first kappa shape index (κ1) is 12.2. The van der Waals surface area contributed by atoms with Crippen LogP contribution in [0.3, 0.4) is 0 Å². The first-order valence-electron chi connectivity index (χ1n) is 5.43. The lowest BCUT2D eigenvalue weighted by Gasteiger charge is -2.05. The summed E-state index contributed by atoms with van der Waals surface area (Å²) in [6.07, 6.45) is 0. The Balaban J connectivity index is 2.20. The minimum Gasteiger partial charge on any atom is -0.416 e. The molecule has 0 amide bonds. The summed E-state index contributed by atoms with van der Waals surface area (Å²) in [7, 11) is 0. The molecule has 18 heavy (non-hydrogen) atoms.